The van der Waals surface area contributed by atoms with Crippen molar-refractivity contribution in [3.63, 3.8) is 0 Å². The number of benzene rings is 2. The summed E-state index contributed by atoms with van der Waals surface area (Å²) in [6.07, 6.45) is 0.762. The van der Waals surface area contributed by atoms with Gasteiger partial charge in [0.05, 0.1) is 17.0 Å². The van der Waals surface area contributed by atoms with E-state index in [1.807, 2.05) is 90.4 Å². The number of carbonyl (C=O) groups is 2. The number of aryl methyl sites for hydroxylation is 2. The van der Waals surface area contributed by atoms with Gasteiger partial charge >= 0.3 is 0 Å². The van der Waals surface area contributed by atoms with Crippen LogP contribution in [0.1, 0.15) is 38.4 Å². The maximum Gasteiger partial charge on any atom is 0.255 e. The third-order valence-electron chi connectivity index (χ3n) is 5.72. The van der Waals surface area contributed by atoms with Crippen molar-refractivity contribution in [3.05, 3.63) is 89.1 Å². The summed E-state index contributed by atoms with van der Waals surface area (Å²) in [5, 5.41) is 0. The molecule has 31 heavy (non-hydrogen) atoms. The van der Waals surface area contributed by atoms with Crippen molar-refractivity contribution < 1.29 is 9.59 Å². The van der Waals surface area contributed by atoms with Crippen molar-refractivity contribution in [3.8, 4) is 11.3 Å². The highest BCUT2D eigenvalue weighted by atomic mass is 16.2. The molecule has 1 fully saturated rings. The van der Waals surface area contributed by atoms with E-state index in [0.29, 0.717) is 37.3 Å². The monoisotopic (exact) mass is 413 g/mol. The predicted octanol–water partition coefficient (Wildman–Crippen LogP) is 4.35. The molecule has 5 nitrogen and oxygen atoms in total. The van der Waals surface area contributed by atoms with Gasteiger partial charge in [0.1, 0.15) is 0 Å². The first kappa shape index (κ1) is 20.8. The zero-order chi connectivity index (χ0) is 21.8. The molecule has 1 saturated heterocycles. The molecule has 5 heteroatoms. The van der Waals surface area contributed by atoms with Gasteiger partial charge in [0.25, 0.3) is 11.8 Å². The van der Waals surface area contributed by atoms with Crippen LogP contribution in [-0.2, 0) is 0 Å². The van der Waals surface area contributed by atoms with Crippen molar-refractivity contribution >= 4 is 11.8 Å². The van der Waals surface area contributed by atoms with E-state index >= 15 is 0 Å². The lowest BCUT2D eigenvalue weighted by Gasteiger charge is -2.23. The Hall–Kier alpha value is -3.47. The van der Waals surface area contributed by atoms with E-state index in [0.717, 1.165) is 28.9 Å². The van der Waals surface area contributed by atoms with Gasteiger partial charge in [0.15, 0.2) is 0 Å². The molecular weight excluding hydrogens is 386 g/mol. The first-order chi connectivity index (χ1) is 15.0. The van der Waals surface area contributed by atoms with Crippen LogP contribution in [0.2, 0.25) is 0 Å². The average molecular weight is 414 g/mol. The third-order valence-corrected chi connectivity index (χ3v) is 5.72. The number of rotatable bonds is 3. The van der Waals surface area contributed by atoms with Crippen LogP contribution in [0.4, 0.5) is 0 Å². The van der Waals surface area contributed by atoms with Gasteiger partial charge in [0, 0.05) is 37.3 Å². The molecule has 3 aromatic rings. The minimum Gasteiger partial charge on any atom is -0.337 e. The van der Waals surface area contributed by atoms with Gasteiger partial charge in [0.2, 0.25) is 0 Å². The summed E-state index contributed by atoms with van der Waals surface area (Å²) in [6.45, 7) is 6.21. The van der Waals surface area contributed by atoms with E-state index in [9.17, 15) is 9.59 Å². The molecule has 0 N–H and O–H groups in total. The Labute approximate surface area is 183 Å². The van der Waals surface area contributed by atoms with Crippen molar-refractivity contribution in [2.24, 2.45) is 0 Å². The van der Waals surface area contributed by atoms with Crippen LogP contribution >= 0.6 is 0 Å². The Morgan fingerprint density at radius 2 is 1.48 bits per heavy atom. The first-order valence-electron chi connectivity index (χ1n) is 10.7. The van der Waals surface area contributed by atoms with Crippen LogP contribution in [0.3, 0.4) is 0 Å². The van der Waals surface area contributed by atoms with Gasteiger partial charge in [-0.15, -0.1) is 0 Å². The number of hydrogen-bond donors (Lipinski definition) is 0. The second-order valence-electron chi connectivity index (χ2n) is 8.00. The maximum absolute atomic E-state index is 13.2. The average Bonchev–Trinajstić information content (AvgIpc) is 3.05. The molecular formula is C26H27N3O2. The summed E-state index contributed by atoms with van der Waals surface area (Å²) in [4.78, 5) is 34.4. The molecule has 0 unspecified atom stereocenters. The van der Waals surface area contributed by atoms with Crippen molar-refractivity contribution in [1.82, 2.24) is 14.8 Å². The van der Waals surface area contributed by atoms with Gasteiger partial charge in [-0.25, -0.2) is 0 Å². The highest BCUT2D eigenvalue weighted by Crippen LogP contribution is 2.20. The standard InChI is InChI=1S/C26H27N3O2/c1-19-8-6-11-22(18-19)25(30)28-14-7-15-29(17-16-28)26(31)23-12-13-24(27-20(23)2)21-9-4-3-5-10-21/h3-6,8-13,18H,7,14-17H2,1-2H3. The molecule has 0 saturated carbocycles. The quantitative estimate of drug-likeness (QED) is 0.641. The second-order valence-corrected chi connectivity index (χ2v) is 8.00. The zero-order valence-corrected chi connectivity index (χ0v) is 18.0. The third kappa shape index (κ3) is 4.66. The van der Waals surface area contributed by atoms with Crippen molar-refractivity contribution in [1.29, 1.82) is 0 Å². The molecule has 1 aliphatic rings. The van der Waals surface area contributed by atoms with E-state index in [2.05, 4.69) is 4.98 Å². The lowest BCUT2D eigenvalue weighted by atomic mass is 10.1. The number of pyridine rings is 1. The SMILES string of the molecule is Cc1cccc(C(=O)N2CCCN(C(=O)c3ccc(-c4ccccc4)nc3C)CC2)c1. The summed E-state index contributed by atoms with van der Waals surface area (Å²) in [5.41, 5.74) is 5.02. The summed E-state index contributed by atoms with van der Waals surface area (Å²) >= 11 is 0. The number of amides is 2. The smallest absolute Gasteiger partial charge is 0.255 e. The Kier molecular flexibility index (Phi) is 6.12. The van der Waals surface area contributed by atoms with E-state index in [1.54, 1.807) is 0 Å². The predicted molar refractivity (Wildman–Crippen MR) is 122 cm³/mol. The van der Waals surface area contributed by atoms with Crippen LogP contribution in [-0.4, -0.2) is 52.8 Å². The molecule has 0 aliphatic carbocycles. The minimum atomic E-state index is -0.0190. The van der Waals surface area contributed by atoms with Crippen LogP contribution in [0, 0.1) is 13.8 Å². The zero-order valence-electron chi connectivity index (χ0n) is 18.0. The van der Waals surface area contributed by atoms with Gasteiger partial charge in [-0.2, -0.15) is 0 Å². The fourth-order valence-corrected chi connectivity index (χ4v) is 4.01. The van der Waals surface area contributed by atoms with Gasteiger partial charge < -0.3 is 9.80 Å². The van der Waals surface area contributed by atoms with Crippen molar-refractivity contribution in [2.75, 3.05) is 26.2 Å². The summed E-state index contributed by atoms with van der Waals surface area (Å²) in [6, 6.07) is 21.4. The van der Waals surface area contributed by atoms with Gasteiger partial charge in [-0.1, -0.05) is 48.0 Å². The highest BCUT2D eigenvalue weighted by molar-refractivity contribution is 5.96. The summed E-state index contributed by atoms with van der Waals surface area (Å²) < 4.78 is 0. The molecule has 4 rings (SSSR count). The van der Waals surface area contributed by atoms with Crippen LogP contribution in [0.5, 0.6) is 0 Å². The lowest BCUT2D eigenvalue weighted by molar-refractivity contribution is 0.0718. The Bertz CT molecular complexity index is 1090. The van der Waals surface area contributed by atoms with Crippen LogP contribution < -0.4 is 0 Å². The molecule has 1 aromatic heterocycles. The number of carbonyl (C=O) groups excluding carboxylic acids is 2. The van der Waals surface area contributed by atoms with Gasteiger partial charge in [-0.3, -0.25) is 14.6 Å². The second kappa shape index (κ2) is 9.13. The molecule has 0 bridgehead atoms. The molecule has 0 atom stereocenters. The van der Waals surface area contributed by atoms with E-state index in [4.69, 9.17) is 0 Å². The Morgan fingerprint density at radius 3 is 2.16 bits per heavy atom. The first-order valence-corrected chi connectivity index (χ1v) is 10.7. The molecule has 0 spiro atoms. The number of hydrogen-bond acceptors (Lipinski definition) is 3. The Balaban J connectivity index is 1.46. The van der Waals surface area contributed by atoms with E-state index < -0.39 is 0 Å². The molecule has 0 radical (unpaired) electrons. The molecule has 2 heterocycles. The minimum absolute atomic E-state index is 0.0190. The molecule has 158 valence electrons. The Morgan fingerprint density at radius 1 is 0.774 bits per heavy atom. The fourth-order valence-electron chi connectivity index (χ4n) is 4.01. The maximum atomic E-state index is 13.2. The van der Waals surface area contributed by atoms with Gasteiger partial charge in [-0.05, 0) is 44.5 Å². The highest BCUT2D eigenvalue weighted by Gasteiger charge is 2.24. The lowest BCUT2D eigenvalue weighted by Crippen LogP contribution is -2.37. The molecule has 2 amide bonds. The topological polar surface area (TPSA) is 53.5 Å². The fraction of sp³-hybridized carbons (Fsp3) is 0.269. The van der Waals surface area contributed by atoms with E-state index in [-0.39, 0.29) is 11.8 Å². The number of aromatic nitrogens is 1. The molecule has 1 aliphatic heterocycles. The van der Waals surface area contributed by atoms with E-state index in [1.165, 1.54) is 0 Å². The van der Waals surface area contributed by atoms with Crippen molar-refractivity contribution in [2.45, 2.75) is 20.3 Å². The van der Waals surface area contributed by atoms with Crippen LogP contribution in [0.15, 0.2) is 66.7 Å². The van der Waals surface area contributed by atoms with Crippen LogP contribution in [0.25, 0.3) is 11.3 Å². The molecule has 2 aromatic carbocycles. The largest absolute Gasteiger partial charge is 0.337 e. The number of nitrogens with zero attached hydrogens (tertiary/aromatic N) is 3. The summed E-state index contributed by atoms with van der Waals surface area (Å²) in [5.74, 6) is 0.0116. The normalized spacial score (nSPS) is 14.3. The summed E-state index contributed by atoms with van der Waals surface area (Å²) in [7, 11) is 0.